The minimum absolute atomic E-state index is 0.205. The van der Waals surface area contributed by atoms with Gasteiger partial charge in [0.25, 0.3) is 0 Å². The third-order valence-corrected chi connectivity index (χ3v) is 3.85. The second kappa shape index (κ2) is 11.1. The van der Waals surface area contributed by atoms with E-state index in [0.717, 1.165) is 13.0 Å². The van der Waals surface area contributed by atoms with E-state index in [9.17, 15) is 4.39 Å². The number of halogens is 2. The lowest BCUT2D eigenvalue weighted by Gasteiger charge is -2.07. The predicted octanol–water partition coefficient (Wildman–Crippen LogP) is 5.71. The van der Waals surface area contributed by atoms with E-state index in [1.54, 1.807) is 18.2 Å². The maximum atomic E-state index is 13.6. The summed E-state index contributed by atoms with van der Waals surface area (Å²) in [6.45, 7) is 3.75. The van der Waals surface area contributed by atoms with Crippen LogP contribution in [0.4, 0.5) is 4.39 Å². The zero-order valence-corrected chi connectivity index (χ0v) is 13.3. The molecule has 20 heavy (non-hydrogen) atoms. The van der Waals surface area contributed by atoms with E-state index in [2.05, 4.69) is 12.2 Å². The van der Waals surface area contributed by atoms with Gasteiger partial charge in [-0.3, -0.25) is 0 Å². The van der Waals surface area contributed by atoms with Gasteiger partial charge in [0.1, 0.15) is 5.82 Å². The first-order valence-electron chi connectivity index (χ1n) is 7.89. The van der Waals surface area contributed by atoms with Crippen molar-refractivity contribution in [1.29, 1.82) is 0 Å². The molecule has 0 fully saturated rings. The fraction of sp³-hybridized carbons (Fsp3) is 0.647. The zero-order chi connectivity index (χ0) is 14.6. The quantitative estimate of drug-likeness (QED) is 0.516. The van der Waals surface area contributed by atoms with Crippen LogP contribution in [-0.2, 0) is 6.54 Å². The molecule has 0 unspecified atom stereocenters. The predicted molar refractivity (Wildman–Crippen MR) is 85.7 cm³/mol. The maximum Gasteiger partial charge on any atom is 0.146 e. The van der Waals surface area contributed by atoms with Gasteiger partial charge in [-0.1, -0.05) is 75.6 Å². The third-order valence-electron chi connectivity index (χ3n) is 3.55. The molecule has 114 valence electrons. The minimum Gasteiger partial charge on any atom is -0.313 e. The van der Waals surface area contributed by atoms with Gasteiger partial charge in [0, 0.05) is 12.1 Å². The van der Waals surface area contributed by atoms with Crippen LogP contribution in [0.2, 0.25) is 5.02 Å². The average molecular weight is 300 g/mol. The van der Waals surface area contributed by atoms with Crippen LogP contribution in [0.3, 0.4) is 0 Å². The van der Waals surface area contributed by atoms with E-state index >= 15 is 0 Å². The fourth-order valence-electron chi connectivity index (χ4n) is 2.29. The van der Waals surface area contributed by atoms with Crippen LogP contribution >= 0.6 is 11.6 Å². The molecule has 0 spiro atoms. The Hall–Kier alpha value is -0.600. The lowest BCUT2D eigenvalue weighted by molar-refractivity contribution is 0.546. The molecule has 0 amide bonds. The second-order valence-electron chi connectivity index (χ2n) is 5.36. The Bertz CT molecular complexity index is 368. The van der Waals surface area contributed by atoms with E-state index in [1.165, 1.54) is 44.9 Å². The molecule has 1 N–H and O–H groups in total. The monoisotopic (exact) mass is 299 g/mol. The molecule has 1 aromatic rings. The van der Waals surface area contributed by atoms with Crippen LogP contribution in [0.1, 0.15) is 63.9 Å². The Morgan fingerprint density at radius 3 is 2.35 bits per heavy atom. The van der Waals surface area contributed by atoms with E-state index in [-0.39, 0.29) is 10.8 Å². The molecule has 3 heteroatoms. The molecule has 0 aliphatic rings. The lowest BCUT2D eigenvalue weighted by Crippen LogP contribution is -2.15. The van der Waals surface area contributed by atoms with Crippen LogP contribution < -0.4 is 5.32 Å². The highest BCUT2D eigenvalue weighted by atomic mass is 35.5. The highest BCUT2D eigenvalue weighted by Crippen LogP contribution is 2.17. The van der Waals surface area contributed by atoms with Crippen molar-refractivity contribution >= 4 is 11.6 Å². The molecule has 1 rings (SSSR count). The summed E-state index contributed by atoms with van der Waals surface area (Å²) in [5.74, 6) is -0.294. The highest BCUT2D eigenvalue weighted by Gasteiger charge is 2.04. The number of hydrogen-bond acceptors (Lipinski definition) is 1. The summed E-state index contributed by atoms with van der Waals surface area (Å²) >= 11 is 5.74. The molecule has 0 aromatic heterocycles. The molecule has 0 atom stereocenters. The molecule has 0 aliphatic carbocycles. The molecule has 0 bridgehead atoms. The number of nitrogens with one attached hydrogen (secondary N) is 1. The van der Waals surface area contributed by atoms with Gasteiger partial charge in [-0.25, -0.2) is 4.39 Å². The number of benzene rings is 1. The van der Waals surface area contributed by atoms with Gasteiger partial charge in [0.2, 0.25) is 0 Å². The van der Waals surface area contributed by atoms with E-state index in [0.29, 0.717) is 12.1 Å². The summed E-state index contributed by atoms with van der Waals surface area (Å²) in [6, 6.07) is 5.15. The van der Waals surface area contributed by atoms with Crippen molar-refractivity contribution in [1.82, 2.24) is 5.32 Å². The average Bonchev–Trinajstić information content (AvgIpc) is 2.45. The number of rotatable bonds is 11. The minimum atomic E-state index is -0.294. The molecule has 0 radical (unpaired) electrons. The van der Waals surface area contributed by atoms with Gasteiger partial charge in [-0.15, -0.1) is 0 Å². The van der Waals surface area contributed by atoms with Crippen LogP contribution in [0.15, 0.2) is 18.2 Å². The Balaban J connectivity index is 1.98. The van der Waals surface area contributed by atoms with Gasteiger partial charge >= 0.3 is 0 Å². The Labute approximate surface area is 127 Å². The van der Waals surface area contributed by atoms with Crippen molar-refractivity contribution in [3.05, 3.63) is 34.6 Å². The molecule has 0 saturated heterocycles. The van der Waals surface area contributed by atoms with Gasteiger partial charge in [-0.05, 0) is 19.0 Å². The van der Waals surface area contributed by atoms with Gasteiger partial charge in [0.05, 0.1) is 5.02 Å². The van der Waals surface area contributed by atoms with Crippen LogP contribution in [-0.4, -0.2) is 6.54 Å². The Morgan fingerprint density at radius 2 is 1.65 bits per heavy atom. The first kappa shape index (κ1) is 17.5. The second-order valence-corrected chi connectivity index (χ2v) is 5.77. The first-order valence-corrected chi connectivity index (χ1v) is 8.27. The van der Waals surface area contributed by atoms with Crippen molar-refractivity contribution in [2.45, 2.75) is 64.8 Å². The summed E-state index contributed by atoms with van der Waals surface area (Å²) < 4.78 is 13.6. The van der Waals surface area contributed by atoms with E-state index in [1.807, 2.05) is 0 Å². The Kier molecular flexibility index (Phi) is 9.69. The number of unbranched alkanes of at least 4 members (excludes halogenated alkanes) is 7. The molecular formula is C17H27ClFN. The molecule has 0 aliphatic heterocycles. The van der Waals surface area contributed by atoms with Crippen molar-refractivity contribution in [3.63, 3.8) is 0 Å². The zero-order valence-electron chi connectivity index (χ0n) is 12.6. The summed E-state index contributed by atoms with van der Waals surface area (Å²) in [5, 5.41) is 3.49. The summed E-state index contributed by atoms with van der Waals surface area (Å²) in [5.41, 5.74) is 0.650. The van der Waals surface area contributed by atoms with Gasteiger partial charge in [-0.2, -0.15) is 0 Å². The third kappa shape index (κ3) is 7.25. The summed E-state index contributed by atoms with van der Waals surface area (Å²) in [4.78, 5) is 0. The normalized spacial score (nSPS) is 10.9. The SMILES string of the molecule is CCCCCCCCCCNCc1cccc(Cl)c1F. The van der Waals surface area contributed by atoms with Crippen molar-refractivity contribution in [3.8, 4) is 0 Å². The molecule has 0 saturated carbocycles. The summed E-state index contributed by atoms with van der Waals surface area (Å²) in [7, 11) is 0. The van der Waals surface area contributed by atoms with Gasteiger partial charge in [0.15, 0.2) is 0 Å². The van der Waals surface area contributed by atoms with Crippen molar-refractivity contribution in [2.24, 2.45) is 0 Å². The highest BCUT2D eigenvalue weighted by molar-refractivity contribution is 6.30. The summed E-state index contributed by atoms with van der Waals surface area (Å²) in [6.07, 6.45) is 10.5. The van der Waals surface area contributed by atoms with Crippen LogP contribution in [0.25, 0.3) is 0 Å². The smallest absolute Gasteiger partial charge is 0.146 e. The maximum absolute atomic E-state index is 13.6. The molecular weight excluding hydrogens is 273 g/mol. The largest absolute Gasteiger partial charge is 0.313 e. The first-order chi connectivity index (χ1) is 9.75. The number of hydrogen-bond donors (Lipinski definition) is 1. The Morgan fingerprint density at radius 1 is 1.00 bits per heavy atom. The van der Waals surface area contributed by atoms with Crippen molar-refractivity contribution < 1.29 is 4.39 Å². The van der Waals surface area contributed by atoms with E-state index < -0.39 is 0 Å². The standard InChI is InChI=1S/C17H27ClFN/c1-2-3-4-5-6-7-8-9-13-20-14-15-11-10-12-16(18)17(15)19/h10-12,20H,2-9,13-14H2,1H3. The topological polar surface area (TPSA) is 12.0 Å². The molecule has 0 heterocycles. The lowest BCUT2D eigenvalue weighted by atomic mass is 10.1. The van der Waals surface area contributed by atoms with Crippen LogP contribution in [0.5, 0.6) is 0 Å². The van der Waals surface area contributed by atoms with Gasteiger partial charge < -0.3 is 5.32 Å². The molecule has 1 nitrogen and oxygen atoms in total. The van der Waals surface area contributed by atoms with Crippen molar-refractivity contribution in [2.75, 3.05) is 6.54 Å². The fourth-order valence-corrected chi connectivity index (χ4v) is 2.49. The van der Waals surface area contributed by atoms with Crippen LogP contribution in [0, 0.1) is 5.82 Å². The molecule has 1 aromatic carbocycles. The van der Waals surface area contributed by atoms with E-state index in [4.69, 9.17) is 11.6 Å².